The summed E-state index contributed by atoms with van der Waals surface area (Å²) in [5, 5.41) is 3.00. The van der Waals surface area contributed by atoms with Crippen molar-refractivity contribution in [3.63, 3.8) is 0 Å². The van der Waals surface area contributed by atoms with Crippen LogP contribution in [0.5, 0.6) is 0 Å². The van der Waals surface area contributed by atoms with Crippen molar-refractivity contribution in [2.45, 2.75) is 42.4 Å². The lowest BCUT2D eigenvalue weighted by molar-refractivity contribution is -0.132. The number of carbonyl (C=O) groups is 1. The van der Waals surface area contributed by atoms with Gasteiger partial charge in [-0.2, -0.15) is 0 Å². The van der Waals surface area contributed by atoms with E-state index in [0.29, 0.717) is 13.0 Å². The van der Waals surface area contributed by atoms with Gasteiger partial charge >= 0.3 is 0 Å². The van der Waals surface area contributed by atoms with Crippen LogP contribution in [0.25, 0.3) is 0 Å². The van der Waals surface area contributed by atoms with E-state index in [2.05, 4.69) is 5.32 Å². The fourth-order valence-electron chi connectivity index (χ4n) is 2.85. The van der Waals surface area contributed by atoms with Gasteiger partial charge in [-0.05, 0) is 43.0 Å². The third-order valence-corrected chi connectivity index (χ3v) is 5.11. The zero-order chi connectivity index (χ0) is 14.8. The topological polar surface area (TPSA) is 64.4 Å². The fourth-order valence-corrected chi connectivity index (χ4v) is 3.96. The van der Waals surface area contributed by atoms with Crippen LogP contribution in [0, 0.1) is 5.82 Å². The van der Waals surface area contributed by atoms with Crippen molar-refractivity contribution in [3.05, 3.63) is 29.6 Å². The fraction of sp³-hybridized carbons (Fsp3) is 0.533. The van der Waals surface area contributed by atoms with E-state index >= 15 is 0 Å². The van der Waals surface area contributed by atoms with Crippen LogP contribution in [0.2, 0.25) is 0 Å². The summed E-state index contributed by atoms with van der Waals surface area (Å²) in [6.45, 7) is 0.442. The molecule has 0 bridgehead atoms. The van der Waals surface area contributed by atoms with Gasteiger partial charge in [-0.15, -0.1) is 11.8 Å². The highest BCUT2D eigenvalue weighted by Crippen LogP contribution is 2.36. The SMILES string of the molecule is NCC1CCC(C(=O)NC2CCSc3ccc(F)cc32)O1. The molecule has 1 aromatic rings. The van der Waals surface area contributed by atoms with Crippen LogP contribution in [0.1, 0.15) is 30.9 Å². The Kier molecular flexibility index (Phi) is 4.47. The van der Waals surface area contributed by atoms with Crippen molar-refractivity contribution in [1.29, 1.82) is 0 Å². The number of ether oxygens (including phenoxy) is 1. The van der Waals surface area contributed by atoms with Crippen LogP contribution in [0.15, 0.2) is 23.1 Å². The van der Waals surface area contributed by atoms with Crippen molar-refractivity contribution >= 4 is 17.7 Å². The second kappa shape index (κ2) is 6.34. The number of hydrogen-bond acceptors (Lipinski definition) is 4. The Morgan fingerprint density at radius 3 is 3.05 bits per heavy atom. The predicted octanol–water partition coefficient (Wildman–Crippen LogP) is 1.99. The van der Waals surface area contributed by atoms with Crippen molar-refractivity contribution in [2.75, 3.05) is 12.3 Å². The van der Waals surface area contributed by atoms with E-state index in [4.69, 9.17) is 10.5 Å². The first kappa shape index (κ1) is 14.8. The van der Waals surface area contributed by atoms with Crippen molar-refractivity contribution in [1.82, 2.24) is 5.32 Å². The van der Waals surface area contributed by atoms with Gasteiger partial charge in [-0.25, -0.2) is 4.39 Å². The van der Waals surface area contributed by atoms with Gasteiger partial charge in [0.2, 0.25) is 5.91 Å². The Balaban J connectivity index is 1.69. The summed E-state index contributed by atoms with van der Waals surface area (Å²) in [5.41, 5.74) is 6.43. The first-order chi connectivity index (χ1) is 10.2. The maximum absolute atomic E-state index is 13.4. The normalized spacial score (nSPS) is 28.2. The minimum Gasteiger partial charge on any atom is -0.364 e. The molecule has 4 nitrogen and oxygen atoms in total. The number of carbonyl (C=O) groups excluding carboxylic acids is 1. The molecule has 6 heteroatoms. The quantitative estimate of drug-likeness (QED) is 0.896. The van der Waals surface area contributed by atoms with Crippen LogP contribution in [-0.2, 0) is 9.53 Å². The number of fused-ring (bicyclic) bond motifs is 1. The molecule has 2 aliphatic heterocycles. The summed E-state index contributed by atoms with van der Waals surface area (Å²) in [4.78, 5) is 13.3. The number of benzene rings is 1. The molecule has 3 N–H and O–H groups in total. The van der Waals surface area contributed by atoms with E-state index in [9.17, 15) is 9.18 Å². The Hall–Kier alpha value is -1.11. The van der Waals surface area contributed by atoms with Gasteiger partial charge in [-0.3, -0.25) is 4.79 Å². The molecule has 3 atom stereocenters. The molecule has 1 aromatic carbocycles. The lowest BCUT2D eigenvalue weighted by Crippen LogP contribution is -2.38. The highest BCUT2D eigenvalue weighted by atomic mass is 32.2. The van der Waals surface area contributed by atoms with E-state index in [-0.39, 0.29) is 23.9 Å². The van der Waals surface area contributed by atoms with E-state index in [0.717, 1.165) is 29.1 Å². The number of amides is 1. The van der Waals surface area contributed by atoms with Crippen LogP contribution in [0.3, 0.4) is 0 Å². The van der Waals surface area contributed by atoms with Gasteiger partial charge in [0.05, 0.1) is 12.1 Å². The summed E-state index contributed by atoms with van der Waals surface area (Å²) in [6, 6.07) is 4.63. The Morgan fingerprint density at radius 1 is 1.43 bits per heavy atom. The molecule has 2 heterocycles. The highest BCUT2D eigenvalue weighted by molar-refractivity contribution is 7.99. The predicted molar refractivity (Wildman–Crippen MR) is 79.6 cm³/mol. The third kappa shape index (κ3) is 3.22. The largest absolute Gasteiger partial charge is 0.364 e. The van der Waals surface area contributed by atoms with E-state index in [1.165, 1.54) is 12.1 Å². The Morgan fingerprint density at radius 2 is 2.29 bits per heavy atom. The molecule has 0 spiro atoms. The number of nitrogens with one attached hydrogen (secondary N) is 1. The molecule has 0 aliphatic carbocycles. The van der Waals surface area contributed by atoms with E-state index in [1.807, 2.05) is 0 Å². The minimum atomic E-state index is -0.426. The molecular weight excluding hydrogens is 291 g/mol. The van der Waals surface area contributed by atoms with Gasteiger partial charge in [0, 0.05) is 17.2 Å². The van der Waals surface area contributed by atoms with Gasteiger partial charge in [0.15, 0.2) is 0 Å². The highest BCUT2D eigenvalue weighted by Gasteiger charge is 2.32. The summed E-state index contributed by atoms with van der Waals surface area (Å²) in [7, 11) is 0. The molecule has 114 valence electrons. The van der Waals surface area contributed by atoms with Crippen LogP contribution < -0.4 is 11.1 Å². The summed E-state index contributed by atoms with van der Waals surface area (Å²) in [6.07, 6.45) is 1.88. The number of halogens is 1. The molecule has 1 amide bonds. The minimum absolute atomic E-state index is 0.0209. The molecule has 3 unspecified atom stereocenters. The zero-order valence-electron chi connectivity index (χ0n) is 11.7. The molecule has 1 fully saturated rings. The standard InChI is InChI=1S/C15H19FN2O2S/c16-9-1-4-14-11(7-9)12(5-6-21-14)18-15(19)13-3-2-10(8-17)20-13/h1,4,7,10,12-13H,2-3,5-6,8,17H2,(H,18,19). The summed E-state index contributed by atoms with van der Waals surface area (Å²) in [5.74, 6) is 0.537. The van der Waals surface area contributed by atoms with Crippen molar-refractivity contribution < 1.29 is 13.9 Å². The molecule has 21 heavy (non-hydrogen) atoms. The van der Waals surface area contributed by atoms with Crippen LogP contribution >= 0.6 is 11.8 Å². The Labute approximate surface area is 127 Å². The monoisotopic (exact) mass is 310 g/mol. The summed E-state index contributed by atoms with van der Waals surface area (Å²) < 4.78 is 19.1. The second-order valence-electron chi connectivity index (χ2n) is 5.44. The smallest absolute Gasteiger partial charge is 0.249 e. The average Bonchev–Trinajstić information content (AvgIpc) is 2.97. The maximum Gasteiger partial charge on any atom is 0.249 e. The average molecular weight is 310 g/mol. The number of thioether (sulfide) groups is 1. The molecule has 0 aromatic heterocycles. The molecular formula is C15H19FN2O2S. The molecule has 2 aliphatic rings. The number of hydrogen-bond donors (Lipinski definition) is 2. The zero-order valence-corrected chi connectivity index (χ0v) is 12.5. The third-order valence-electron chi connectivity index (χ3n) is 3.99. The first-order valence-electron chi connectivity index (χ1n) is 7.25. The first-order valence-corrected chi connectivity index (χ1v) is 8.24. The van der Waals surface area contributed by atoms with E-state index < -0.39 is 6.10 Å². The molecule has 0 radical (unpaired) electrons. The van der Waals surface area contributed by atoms with Gasteiger partial charge < -0.3 is 15.8 Å². The van der Waals surface area contributed by atoms with Gasteiger partial charge in [-0.1, -0.05) is 0 Å². The maximum atomic E-state index is 13.4. The van der Waals surface area contributed by atoms with Crippen molar-refractivity contribution in [2.24, 2.45) is 5.73 Å². The van der Waals surface area contributed by atoms with Gasteiger partial charge in [0.25, 0.3) is 0 Å². The van der Waals surface area contributed by atoms with Crippen molar-refractivity contribution in [3.8, 4) is 0 Å². The van der Waals surface area contributed by atoms with Crippen LogP contribution in [-0.4, -0.2) is 30.4 Å². The lowest BCUT2D eigenvalue weighted by atomic mass is 10.0. The summed E-state index contributed by atoms with van der Waals surface area (Å²) >= 11 is 1.70. The van der Waals surface area contributed by atoms with Gasteiger partial charge in [0.1, 0.15) is 11.9 Å². The van der Waals surface area contributed by atoms with Crippen LogP contribution in [0.4, 0.5) is 4.39 Å². The second-order valence-corrected chi connectivity index (χ2v) is 6.58. The Bertz CT molecular complexity index is 540. The lowest BCUT2D eigenvalue weighted by Gasteiger charge is -2.27. The number of rotatable bonds is 3. The molecule has 0 saturated carbocycles. The molecule has 3 rings (SSSR count). The van der Waals surface area contributed by atoms with E-state index in [1.54, 1.807) is 17.8 Å². The number of nitrogens with two attached hydrogens (primary N) is 1. The molecule has 1 saturated heterocycles.